The number of phosphoric acid groups is 1. The van der Waals surface area contributed by atoms with Gasteiger partial charge in [0.25, 0.3) is 0 Å². The van der Waals surface area contributed by atoms with Crippen LogP contribution in [0.25, 0.3) is 0 Å². The molecule has 0 fully saturated rings. The van der Waals surface area contributed by atoms with Crippen molar-refractivity contribution < 1.29 is 32.3 Å². The van der Waals surface area contributed by atoms with Crippen molar-refractivity contribution in [2.45, 2.75) is 0 Å². The summed E-state index contributed by atoms with van der Waals surface area (Å²) >= 11 is 0. The van der Waals surface area contributed by atoms with Gasteiger partial charge in [0, 0.05) is 0 Å². The van der Waals surface area contributed by atoms with E-state index in [0.717, 1.165) is 0 Å². The van der Waals surface area contributed by atoms with Crippen molar-refractivity contribution >= 4 is 37.4 Å². The Bertz CT molecular complexity index is 87.0. The molecule has 0 unspecified atom stereocenters. The van der Waals surface area contributed by atoms with Crippen molar-refractivity contribution in [2.75, 3.05) is 0 Å². The second-order valence-corrected chi connectivity index (χ2v) is 1.96. The summed E-state index contributed by atoms with van der Waals surface area (Å²) in [4.78, 5) is 0. The van der Waals surface area contributed by atoms with Crippen LogP contribution in [0.15, 0.2) is 0 Å². The summed E-state index contributed by atoms with van der Waals surface area (Å²) in [6, 6.07) is 0. The minimum atomic E-state index is -5.16. The molecule has 0 radical (unpaired) electrons. The van der Waals surface area contributed by atoms with Gasteiger partial charge >= 0.3 is 37.4 Å². The van der Waals surface area contributed by atoms with E-state index in [2.05, 4.69) is 14.2 Å². The zero-order chi connectivity index (χ0) is 6.62. The van der Waals surface area contributed by atoms with Gasteiger partial charge in [-0.1, -0.05) is 14.2 Å². The molecule has 0 aliphatic carbocycles. The van der Waals surface area contributed by atoms with Crippen LogP contribution in [0.3, 0.4) is 0 Å². The fourth-order valence-corrected chi connectivity index (χ4v) is 0.0958. The van der Waals surface area contributed by atoms with Crippen molar-refractivity contribution in [2.24, 2.45) is 0 Å². The summed E-state index contributed by atoms with van der Waals surface area (Å²) in [7, 11) is -5.16. The number of hydrogen-bond donors (Lipinski definition) is 0. The van der Waals surface area contributed by atoms with Gasteiger partial charge in [0.1, 0.15) is 0 Å². The van der Waals surface area contributed by atoms with Crippen LogP contribution in [0.2, 0.25) is 0 Å². The SMILES string of the molecule is O=P(OF)(OF)OF.[NaH]. The standard InChI is InChI=1S/F3O4P.Na.H/c1-5-8(4,6-2)7-3;;. The van der Waals surface area contributed by atoms with E-state index in [0.29, 0.717) is 0 Å². The average molecular weight is 176 g/mol. The van der Waals surface area contributed by atoms with Crippen LogP contribution in [0.4, 0.5) is 13.6 Å². The monoisotopic (exact) mass is 176 g/mol. The molecule has 0 saturated heterocycles. The van der Waals surface area contributed by atoms with Crippen LogP contribution in [0.5, 0.6) is 0 Å². The summed E-state index contributed by atoms with van der Waals surface area (Å²) in [6.07, 6.45) is 0. The Hall–Kier alpha value is 0.900. The van der Waals surface area contributed by atoms with Crippen LogP contribution >= 0.6 is 7.82 Å². The number of rotatable bonds is 3. The third-order valence-electron chi connectivity index (χ3n) is 0.254. The van der Waals surface area contributed by atoms with Crippen molar-refractivity contribution in [3.8, 4) is 0 Å². The summed E-state index contributed by atoms with van der Waals surface area (Å²) < 4.78 is 47.5. The number of hydrogen-bond acceptors (Lipinski definition) is 4. The molecule has 0 heterocycles. The second kappa shape index (κ2) is 5.67. The fraction of sp³-hybridized carbons (Fsp3) is 0. The predicted molar refractivity (Wildman–Crippen MR) is 21.3 cm³/mol. The molecular weight excluding hydrogens is 175 g/mol. The molecule has 9 heavy (non-hydrogen) atoms. The van der Waals surface area contributed by atoms with Gasteiger partial charge in [-0.3, -0.25) is 0 Å². The number of halogens is 3. The Kier molecular flexibility index (Phi) is 7.91. The second-order valence-electron chi connectivity index (χ2n) is 0.654. The zero-order valence-electron chi connectivity index (χ0n) is 3.21. The summed E-state index contributed by atoms with van der Waals surface area (Å²) in [5, 5.41) is 0. The molecule has 0 aromatic heterocycles. The molecule has 0 aliphatic rings. The van der Waals surface area contributed by atoms with Crippen molar-refractivity contribution in [3.05, 3.63) is 0 Å². The van der Waals surface area contributed by atoms with Crippen LogP contribution in [-0.2, 0) is 18.8 Å². The van der Waals surface area contributed by atoms with Gasteiger partial charge < -0.3 is 0 Å². The molecule has 0 aliphatic heterocycles. The molecule has 0 bridgehead atoms. The van der Waals surface area contributed by atoms with Crippen LogP contribution in [-0.4, -0.2) is 29.6 Å². The first-order valence-electron chi connectivity index (χ1n) is 1.19. The first-order valence-corrected chi connectivity index (χ1v) is 2.65. The molecule has 0 rings (SSSR count). The van der Waals surface area contributed by atoms with Crippen LogP contribution in [0, 0.1) is 0 Å². The van der Waals surface area contributed by atoms with Crippen LogP contribution in [0.1, 0.15) is 0 Å². The topological polar surface area (TPSA) is 44.8 Å². The molecule has 9 heteroatoms. The molecule has 4 nitrogen and oxygen atoms in total. The fourth-order valence-electron chi connectivity index (χ4n) is 0.0319. The molecule has 0 amide bonds. The first kappa shape index (κ1) is 12.6. The van der Waals surface area contributed by atoms with Crippen molar-refractivity contribution in [3.63, 3.8) is 0 Å². The van der Waals surface area contributed by atoms with Gasteiger partial charge in [-0.15, -0.1) is 0 Å². The van der Waals surface area contributed by atoms with Gasteiger partial charge in [-0.05, 0) is 13.6 Å². The van der Waals surface area contributed by atoms with Crippen molar-refractivity contribution in [1.82, 2.24) is 0 Å². The molecule has 0 atom stereocenters. The molecule has 0 spiro atoms. The van der Waals surface area contributed by atoms with Gasteiger partial charge in [-0.2, -0.15) is 0 Å². The molecule has 0 saturated carbocycles. The molecule has 52 valence electrons. The van der Waals surface area contributed by atoms with Crippen molar-refractivity contribution in [1.29, 1.82) is 0 Å². The third-order valence-corrected chi connectivity index (χ3v) is 0.761. The Balaban J connectivity index is 0. The first-order chi connectivity index (χ1) is 3.68. The quantitative estimate of drug-likeness (QED) is 0.477. The molecule has 0 aromatic carbocycles. The normalized spacial score (nSPS) is 10.6. The van der Waals surface area contributed by atoms with Crippen LogP contribution < -0.4 is 0 Å². The van der Waals surface area contributed by atoms with E-state index in [-0.39, 0.29) is 29.6 Å². The van der Waals surface area contributed by atoms with E-state index in [1.165, 1.54) is 0 Å². The Morgan fingerprint density at radius 1 is 1.00 bits per heavy atom. The van der Waals surface area contributed by atoms with Gasteiger partial charge in [0.15, 0.2) is 0 Å². The molecular formula is HF3NaO4P. The Morgan fingerprint density at radius 3 is 1.22 bits per heavy atom. The average Bonchev–Trinajstić information content (AvgIpc) is 1.87. The van der Waals surface area contributed by atoms with Gasteiger partial charge in [-0.25, -0.2) is 4.57 Å². The van der Waals surface area contributed by atoms with Gasteiger partial charge in [0.2, 0.25) is 0 Å². The summed E-state index contributed by atoms with van der Waals surface area (Å²) in [5.41, 5.74) is 0. The van der Waals surface area contributed by atoms with E-state index in [4.69, 9.17) is 0 Å². The summed E-state index contributed by atoms with van der Waals surface area (Å²) in [5.74, 6) is 0. The zero-order valence-corrected chi connectivity index (χ0v) is 4.11. The molecule has 0 N–H and O–H groups in total. The Morgan fingerprint density at radius 2 is 1.22 bits per heavy atom. The van der Waals surface area contributed by atoms with E-state index >= 15 is 0 Å². The van der Waals surface area contributed by atoms with E-state index in [1.807, 2.05) is 0 Å². The summed E-state index contributed by atoms with van der Waals surface area (Å²) in [6.45, 7) is 0. The van der Waals surface area contributed by atoms with E-state index < -0.39 is 7.82 Å². The third kappa shape index (κ3) is 4.32. The van der Waals surface area contributed by atoms with E-state index in [9.17, 15) is 18.1 Å². The maximum absolute atomic E-state index is 10.5. The minimum absolute atomic E-state index is 0. The maximum atomic E-state index is 10.5. The molecule has 0 aromatic rings. The Labute approximate surface area is 69.9 Å². The van der Waals surface area contributed by atoms with E-state index in [1.54, 1.807) is 0 Å². The predicted octanol–water partition coefficient (Wildman–Crippen LogP) is 1.15. The van der Waals surface area contributed by atoms with Gasteiger partial charge in [0.05, 0.1) is 0 Å².